The Kier molecular flexibility index (Phi) is 5.59. The highest BCUT2D eigenvalue weighted by molar-refractivity contribution is 5.99. The number of amides is 2. The smallest absolute Gasteiger partial charge is 0.308 e. The first-order chi connectivity index (χ1) is 11.3. The zero-order chi connectivity index (χ0) is 17.9. The van der Waals surface area contributed by atoms with Crippen molar-refractivity contribution in [2.45, 2.75) is 32.7 Å². The Morgan fingerprint density at radius 1 is 1.21 bits per heavy atom. The largest absolute Gasteiger partial charge is 0.481 e. The van der Waals surface area contributed by atoms with Gasteiger partial charge in [0, 0.05) is 37.3 Å². The maximum absolute atomic E-state index is 12.8. The summed E-state index contributed by atoms with van der Waals surface area (Å²) < 4.78 is 0. The molecule has 1 aliphatic rings. The molecule has 0 radical (unpaired) electrons. The Balaban J connectivity index is 2.21. The van der Waals surface area contributed by atoms with E-state index in [1.54, 1.807) is 48.0 Å². The molecule has 0 bridgehead atoms. The lowest BCUT2D eigenvalue weighted by Gasteiger charge is -2.24. The Labute approximate surface area is 142 Å². The third kappa shape index (κ3) is 4.13. The molecule has 1 aliphatic carbocycles. The molecule has 0 heterocycles. The first kappa shape index (κ1) is 18.0. The third-order valence-corrected chi connectivity index (χ3v) is 4.32. The van der Waals surface area contributed by atoms with E-state index in [1.165, 1.54) is 0 Å². The Hall–Kier alpha value is -2.37. The van der Waals surface area contributed by atoms with E-state index in [0.29, 0.717) is 17.7 Å². The molecular formula is C18H24N2O4. The number of benzene rings is 1. The summed E-state index contributed by atoms with van der Waals surface area (Å²) in [5.74, 6) is -1.88. The van der Waals surface area contributed by atoms with Crippen LogP contribution in [0.5, 0.6) is 0 Å². The van der Waals surface area contributed by atoms with E-state index in [4.69, 9.17) is 5.11 Å². The maximum atomic E-state index is 12.8. The van der Waals surface area contributed by atoms with Crippen molar-refractivity contribution in [3.8, 4) is 0 Å². The quantitative estimate of drug-likeness (QED) is 0.829. The van der Waals surface area contributed by atoms with Crippen molar-refractivity contribution in [3.05, 3.63) is 35.4 Å². The fourth-order valence-electron chi connectivity index (χ4n) is 2.47. The average Bonchev–Trinajstić information content (AvgIpc) is 3.42. The maximum Gasteiger partial charge on any atom is 0.308 e. The molecule has 6 heteroatoms. The summed E-state index contributed by atoms with van der Waals surface area (Å²) >= 11 is 0. The molecule has 0 spiro atoms. The van der Waals surface area contributed by atoms with Gasteiger partial charge in [0.1, 0.15) is 0 Å². The van der Waals surface area contributed by atoms with Gasteiger partial charge in [0.2, 0.25) is 0 Å². The molecule has 0 saturated heterocycles. The summed E-state index contributed by atoms with van der Waals surface area (Å²) in [6.45, 7) is 4.25. The van der Waals surface area contributed by atoms with Crippen LogP contribution in [0.25, 0.3) is 0 Å². The number of rotatable bonds is 7. The predicted octanol–water partition coefficient (Wildman–Crippen LogP) is 2.10. The van der Waals surface area contributed by atoms with E-state index >= 15 is 0 Å². The van der Waals surface area contributed by atoms with Gasteiger partial charge >= 0.3 is 5.97 Å². The zero-order valence-electron chi connectivity index (χ0n) is 14.4. The van der Waals surface area contributed by atoms with E-state index in [0.717, 1.165) is 12.8 Å². The molecule has 0 aliphatic heterocycles. The van der Waals surface area contributed by atoms with Crippen LogP contribution in [0.4, 0.5) is 0 Å². The standard InChI is InChI=1S/C18H24N2O4/c1-4-19(3)16(21)13-6-5-7-14(10-13)17(22)20(15-8-9-15)11-12(2)18(23)24/h5-7,10,12,15H,4,8-9,11H2,1-3H3,(H,23,24). The second-order valence-corrected chi connectivity index (χ2v) is 6.33. The summed E-state index contributed by atoms with van der Waals surface area (Å²) in [4.78, 5) is 39.4. The van der Waals surface area contributed by atoms with Crippen molar-refractivity contribution in [3.63, 3.8) is 0 Å². The number of carboxylic acids is 1. The summed E-state index contributed by atoms with van der Waals surface area (Å²) in [6, 6.07) is 6.75. The number of aliphatic carboxylic acids is 1. The fourth-order valence-corrected chi connectivity index (χ4v) is 2.47. The first-order valence-electron chi connectivity index (χ1n) is 8.24. The van der Waals surface area contributed by atoms with E-state index in [-0.39, 0.29) is 24.4 Å². The molecule has 24 heavy (non-hydrogen) atoms. The second-order valence-electron chi connectivity index (χ2n) is 6.33. The van der Waals surface area contributed by atoms with Gasteiger partial charge in [0.05, 0.1) is 5.92 Å². The topological polar surface area (TPSA) is 77.9 Å². The normalized spacial score (nSPS) is 14.8. The number of carbonyl (C=O) groups is 3. The molecule has 2 amide bonds. The van der Waals surface area contributed by atoms with Crippen molar-refractivity contribution >= 4 is 17.8 Å². The van der Waals surface area contributed by atoms with Crippen molar-refractivity contribution in [2.24, 2.45) is 5.92 Å². The summed E-state index contributed by atoms with van der Waals surface area (Å²) in [5.41, 5.74) is 0.891. The second kappa shape index (κ2) is 7.47. The van der Waals surface area contributed by atoms with Crippen LogP contribution in [0.3, 0.4) is 0 Å². The minimum atomic E-state index is -0.915. The average molecular weight is 332 g/mol. The Bertz CT molecular complexity index is 640. The molecule has 1 saturated carbocycles. The number of hydrogen-bond donors (Lipinski definition) is 1. The van der Waals surface area contributed by atoms with Crippen LogP contribution in [0.2, 0.25) is 0 Å². The molecular weight excluding hydrogens is 308 g/mol. The highest BCUT2D eigenvalue weighted by atomic mass is 16.4. The van der Waals surface area contributed by atoms with E-state index in [9.17, 15) is 14.4 Å². The SMILES string of the molecule is CCN(C)C(=O)c1cccc(C(=O)N(CC(C)C(=O)O)C2CC2)c1. The monoisotopic (exact) mass is 332 g/mol. The van der Waals surface area contributed by atoms with Crippen LogP contribution in [0.1, 0.15) is 47.4 Å². The minimum absolute atomic E-state index is 0.108. The molecule has 6 nitrogen and oxygen atoms in total. The summed E-state index contributed by atoms with van der Waals surface area (Å²) in [7, 11) is 1.71. The van der Waals surface area contributed by atoms with Crippen LogP contribution in [-0.2, 0) is 4.79 Å². The fraction of sp³-hybridized carbons (Fsp3) is 0.500. The van der Waals surface area contributed by atoms with Crippen LogP contribution in [-0.4, -0.2) is 58.9 Å². The van der Waals surface area contributed by atoms with Crippen molar-refractivity contribution in [1.29, 1.82) is 0 Å². The van der Waals surface area contributed by atoms with Crippen molar-refractivity contribution in [2.75, 3.05) is 20.1 Å². The van der Waals surface area contributed by atoms with Gasteiger partial charge in [0.25, 0.3) is 11.8 Å². The van der Waals surface area contributed by atoms with Gasteiger partial charge in [-0.15, -0.1) is 0 Å². The van der Waals surface area contributed by atoms with Crippen LogP contribution >= 0.6 is 0 Å². The minimum Gasteiger partial charge on any atom is -0.481 e. The summed E-state index contributed by atoms with van der Waals surface area (Å²) in [5, 5.41) is 9.10. The molecule has 0 aromatic heterocycles. The predicted molar refractivity (Wildman–Crippen MR) is 89.9 cm³/mol. The zero-order valence-corrected chi connectivity index (χ0v) is 14.4. The first-order valence-corrected chi connectivity index (χ1v) is 8.24. The molecule has 1 aromatic rings. The number of hydrogen-bond acceptors (Lipinski definition) is 3. The van der Waals surface area contributed by atoms with Gasteiger partial charge in [-0.25, -0.2) is 0 Å². The van der Waals surface area contributed by atoms with Gasteiger partial charge in [-0.3, -0.25) is 14.4 Å². The molecule has 1 unspecified atom stereocenters. The van der Waals surface area contributed by atoms with E-state index in [1.807, 2.05) is 6.92 Å². The van der Waals surface area contributed by atoms with Gasteiger partial charge in [-0.2, -0.15) is 0 Å². The Morgan fingerprint density at radius 2 is 1.79 bits per heavy atom. The van der Waals surface area contributed by atoms with Crippen LogP contribution in [0, 0.1) is 5.92 Å². The number of nitrogens with zero attached hydrogens (tertiary/aromatic N) is 2. The summed E-state index contributed by atoms with van der Waals surface area (Å²) in [6.07, 6.45) is 1.80. The lowest BCUT2D eigenvalue weighted by atomic mass is 10.1. The van der Waals surface area contributed by atoms with Crippen LogP contribution in [0.15, 0.2) is 24.3 Å². The lowest BCUT2D eigenvalue weighted by Crippen LogP contribution is -2.38. The van der Waals surface area contributed by atoms with Crippen molar-refractivity contribution in [1.82, 2.24) is 9.80 Å². The molecule has 1 aromatic carbocycles. The number of carboxylic acid groups (broad SMARTS) is 1. The van der Waals surface area contributed by atoms with E-state index < -0.39 is 11.9 Å². The molecule has 2 rings (SSSR count). The Morgan fingerprint density at radius 3 is 2.29 bits per heavy atom. The van der Waals surface area contributed by atoms with Gasteiger partial charge < -0.3 is 14.9 Å². The lowest BCUT2D eigenvalue weighted by molar-refractivity contribution is -0.141. The highest BCUT2D eigenvalue weighted by Crippen LogP contribution is 2.29. The number of carbonyl (C=O) groups excluding carboxylic acids is 2. The highest BCUT2D eigenvalue weighted by Gasteiger charge is 2.35. The van der Waals surface area contributed by atoms with Gasteiger partial charge in [-0.05, 0) is 38.0 Å². The molecule has 130 valence electrons. The molecule has 1 N–H and O–H groups in total. The van der Waals surface area contributed by atoms with Gasteiger partial charge in [-0.1, -0.05) is 13.0 Å². The van der Waals surface area contributed by atoms with Crippen LogP contribution < -0.4 is 0 Å². The third-order valence-electron chi connectivity index (χ3n) is 4.32. The van der Waals surface area contributed by atoms with Gasteiger partial charge in [0.15, 0.2) is 0 Å². The molecule has 1 atom stereocenters. The van der Waals surface area contributed by atoms with Crippen molar-refractivity contribution < 1.29 is 19.5 Å². The van der Waals surface area contributed by atoms with E-state index in [2.05, 4.69) is 0 Å². The molecule has 1 fully saturated rings.